The fourth-order valence-electron chi connectivity index (χ4n) is 2.97. The molecule has 0 aliphatic rings. The summed E-state index contributed by atoms with van der Waals surface area (Å²) in [6, 6.07) is 2.67. The first-order chi connectivity index (χ1) is 15.4. The number of nitrogens with one attached hydrogen (secondary N) is 1. The fourth-order valence-corrected chi connectivity index (χ4v) is 4.06. The molecule has 0 unspecified atom stereocenters. The van der Waals surface area contributed by atoms with E-state index in [0.29, 0.717) is 12.0 Å². The third-order valence-corrected chi connectivity index (χ3v) is 6.22. The molecule has 1 aromatic rings. The summed E-state index contributed by atoms with van der Waals surface area (Å²) >= 11 is 5.96. The van der Waals surface area contributed by atoms with Crippen LogP contribution in [0, 0.1) is 12.3 Å². The third kappa shape index (κ3) is 13.0. The largest absolute Gasteiger partial charge is 0.423 e. The predicted octanol–water partition coefficient (Wildman–Crippen LogP) is 4.32. The molecule has 0 amide bonds. The number of esters is 1. The van der Waals surface area contributed by atoms with Crippen LogP contribution in [0.15, 0.2) is 17.0 Å². The van der Waals surface area contributed by atoms with Crippen molar-refractivity contribution in [1.82, 2.24) is 10.2 Å². The summed E-state index contributed by atoms with van der Waals surface area (Å²) in [5, 5.41) is 12.7. The first-order valence-electron chi connectivity index (χ1n) is 11.6. The molecule has 0 aliphatic carbocycles. The Balaban J connectivity index is 0.000000722. The Labute approximate surface area is 210 Å². The van der Waals surface area contributed by atoms with E-state index in [1.54, 1.807) is 20.8 Å². The van der Waals surface area contributed by atoms with Gasteiger partial charge in [-0.25, -0.2) is 0 Å². The van der Waals surface area contributed by atoms with E-state index in [4.69, 9.17) is 16.3 Å². The lowest BCUT2D eigenvalue weighted by Crippen LogP contribution is -2.33. The van der Waals surface area contributed by atoms with Crippen LogP contribution in [0.5, 0.6) is 5.75 Å². The number of rotatable bonds is 12. The molecule has 0 aliphatic heterocycles. The molecule has 0 heterocycles. The fraction of sp³-hybridized carbons (Fsp3) is 0.708. The van der Waals surface area contributed by atoms with Crippen molar-refractivity contribution in [1.29, 1.82) is 0 Å². The second-order valence-corrected chi connectivity index (χ2v) is 11.6. The Morgan fingerprint density at radius 1 is 1.15 bits per heavy atom. The normalized spacial score (nSPS) is 12.4. The minimum absolute atomic E-state index is 0.0386. The maximum Gasteiger partial charge on any atom is 0.316 e. The van der Waals surface area contributed by atoms with Crippen molar-refractivity contribution in [2.45, 2.75) is 78.2 Å². The first-order valence-corrected chi connectivity index (χ1v) is 13.4. The topological polar surface area (TPSA) is 116 Å². The molecule has 8 nitrogen and oxygen atoms in total. The summed E-state index contributed by atoms with van der Waals surface area (Å²) < 4.78 is 37.3. The van der Waals surface area contributed by atoms with Crippen LogP contribution in [-0.4, -0.2) is 67.8 Å². The molecule has 0 fully saturated rings. The molecule has 10 heteroatoms. The Hall–Kier alpha value is -1.23. The molecule has 0 aromatic heterocycles. The molecule has 0 saturated heterocycles. The van der Waals surface area contributed by atoms with Crippen LogP contribution < -0.4 is 10.1 Å². The zero-order valence-electron chi connectivity index (χ0n) is 21.9. The van der Waals surface area contributed by atoms with Crippen LogP contribution in [0.1, 0.15) is 66.4 Å². The van der Waals surface area contributed by atoms with Gasteiger partial charge in [-0.1, -0.05) is 31.9 Å². The lowest BCUT2D eigenvalue weighted by atomic mass is 9.88. The molecular weight excluding hydrogens is 480 g/mol. The van der Waals surface area contributed by atoms with Crippen molar-refractivity contribution in [3.63, 3.8) is 0 Å². The second kappa shape index (κ2) is 14.4. The van der Waals surface area contributed by atoms with E-state index in [2.05, 4.69) is 24.2 Å². The van der Waals surface area contributed by atoms with Crippen LogP contribution in [0.4, 0.5) is 0 Å². The number of benzene rings is 1. The number of hydrogen-bond acceptors (Lipinski definition) is 7. The summed E-state index contributed by atoms with van der Waals surface area (Å²) in [5.74, 6) is -0.932. The molecule has 0 bridgehead atoms. The summed E-state index contributed by atoms with van der Waals surface area (Å²) in [5.41, 5.74) is -0.786. The first kappa shape index (κ1) is 32.8. The molecule has 1 aromatic carbocycles. The van der Waals surface area contributed by atoms with Crippen LogP contribution in [0.25, 0.3) is 0 Å². The summed E-state index contributed by atoms with van der Waals surface area (Å²) in [6.45, 7) is 16.8. The van der Waals surface area contributed by atoms with Gasteiger partial charge < -0.3 is 20.1 Å². The Morgan fingerprint density at radius 2 is 1.74 bits per heavy atom. The van der Waals surface area contributed by atoms with E-state index in [-0.39, 0.29) is 10.8 Å². The smallest absolute Gasteiger partial charge is 0.316 e. The van der Waals surface area contributed by atoms with Crippen LogP contribution in [0.3, 0.4) is 0 Å². The number of aliphatic hydroxyl groups is 1. The Bertz CT molecular complexity index is 882. The number of nitrogens with zero attached hydrogens (tertiary/aromatic N) is 1. The van der Waals surface area contributed by atoms with Gasteiger partial charge in [-0.2, -0.15) is 8.42 Å². The van der Waals surface area contributed by atoms with Gasteiger partial charge in [0.2, 0.25) is 0 Å². The number of hydrogen-bond donors (Lipinski definition) is 3. The molecule has 0 atom stereocenters. The van der Waals surface area contributed by atoms with Gasteiger partial charge in [0.25, 0.3) is 10.1 Å². The minimum atomic E-state index is -4.54. The maximum atomic E-state index is 12.2. The monoisotopic (exact) mass is 522 g/mol. The molecule has 34 heavy (non-hydrogen) atoms. The van der Waals surface area contributed by atoms with Gasteiger partial charge in [0, 0.05) is 19.6 Å². The summed E-state index contributed by atoms with van der Waals surface area (Å²) in [7, 11) is -2.46. The zero-order chi connectivity index (χ0) is 26.7. The molecular formula is C24H43ClN2O6S. The molecule has 198 valence electrons. The van der Waals surface area contributed by atoms with E-state index < -0.39 is 32.0 Å². The number of carbonyl (C=O) groups is 1. The third-order valence-electron chi connectivity index (χ3n) is 5.08. The van der Waals surface area contributed by atoms with Crippen molar-refractivity contribution in [3.05, 3.63) is 22.7 Å². The highest BCUT2D eigenvalue weighted by Gasteiger charge is 2.31. The minimum Gasteiger partial charge on any atom is -0.423 e. The van der Waals surface area contributed by atoms with E-state index in [9.17, 15) is 22.9 Å². The van der Waals surface area contributed by atoms with E-state index in [0.717, 1.165) is 39.0 Å². The molecule has 0 spiro atoms. The van der Waals surface area contributed by atoms with Crippen molar-refractivity contribution >= 4 is 27.7 Å². The van der Waals surface area contributed by atoms with Crippen LogP contribution in [0.2, 0.25) is 5.02 Å². The Kier molecular flexibility index (Phi) is 13.8. The highest BCUT2D eigenvalue weighted by atomic mass is 35.5. The number of carbonyl (C=O) groups excluding carboxylic acids is 1. The molecule has 0 saturated carbocycles. The van der Waals surface area contributed by atoms with E-state index in [1.807, 2.05) is 20.8 Å². The van der Waals surface area contributed by atoms with Gasteiger partial charge in [0.15, 0.2) is 5.75 Å². The maximum absolute atomic E-state index is 12.2. The molecule has 1 rings (SSSR count). The van der Waals surface area contributed by atoms with Gasteiger partial charge in [-0.15, -0.1) is 0 Å². The van der Waals surface area contributed by atoms with Crippen molar-refractivity contribution < 1.29 is 27.6 Å². The number of halogens is 1. The lowest BCUT2D eigenvalue weighted by molar-refractivity contribution is -0.144. The van der Waals surface area contributed by atoms with Gasteiger partial charge in [-0.05, 0) is 78.7 Å². The Morgan fingerprint density at radius 3 is 2.21 bits per heavy atom. The molecule has 0 radical (unpaired) electrons. The SMILES string of the molecule is CCCC(C)(C)C(=O)Oc1c(Cl)cc(C)cc1S(=O)(=O)O.CCNCCN(C)CCC(C)(C)O. The number of likely N-dealkylation sites (N-methyl/N-ethyl adjacent to an activating group) is 2. The number of aryl methyl sites for hydroxylation is 1. The van der Waals surface area contributed by atoms with Crippen molar-refractivity contribution in [2.24, 2.45) is 5.41 Å². The van der Waals surface area contributed by atoms with Crippen molar-refractivity contribution in [2.75, 3.05) is 33.2 Å². The van der Waals surface area contributed by atoms with E-state index in [1.165, 1.54) is 12.1 Å². The molecule has 3 N–H and O–H groups in total. The van der Waals surface area contributed by atoms with Crippen LogP contribution >= 0.6 is 11.6 Å². The average Bonchev–Trinajstić information content (AvgIpc) is 2.67. The highest BCUT2D eigenvalue weighted by Crippen LogP contribution is 2.35. The zero-order valence-corrected chi connectivity index (χ0v) is 23.4. The van der Waals surface area contributed by atoms with E-state index >= 15 is 0 Å². The standard InChI is InChI=1S/C14H19ClO5S.C10H24N2O/c1-5-6-14(3,4)13(16)20-12-10(15)7-9(2)8-11(12)21(17,18)19;1-5-11-7-9-12(4)8-6-10(2,3)13/h7-8H,5-6H2,1-4H3,(H,17,18,19);11,13H,5-9H2,1-4H3. The van der Waals surface area contributed by atoms with Gasteiger partial charge in [0.1, 0.15) is 4.90 Å². The van der Waals surface area contributed by atoms with Crippen LogP contribution in [-0.2, 0) is 14.9 Å². The quantitative estimate of drug-likeness (QED) is 0.161. The summed E-state index contributed by atoms with van der Waals surface area (Å²) in [6.07, 6.45) is 2.18. The average molecular weight is 523 g/mol. The number of ether oxygens (including phenoxy) is 1. The van der Waals surface area contributed by atoms with Gasteiger partial charge in [-0.3, -0.25) is 9.35 Å². The van der Waals surface area contributed by atoms with Gasteiger partial charge in [0.05, 0.1) is 16.0 Å². The lowest BCUT2D eigenvalue weighted by Gasteiger charge is -2.22. The predicted molar refractivity (Wildman–Crippen MR) is 137 cm³/mol. The van der Waals surface area contributed by atoms with Gasteiger partial charge >= 0.3 is 5.97 Å². The van der Waals surface area contributed by atoms with Crippen molar-refractivity contribution in [3.8, 4) is 5.75 Å². The summed E-state index contributed by atoms with van der Waals surface area (Å²) in [4.78, 5) is 13.9. The second-order valence-electron chi connectivity index (χ2n) is 9.79. The highest BCUT2D eigenvalue weighted by molar-refractivity contribution is 7.86.